The molecule has 0 saturated carbocycles. The van der Waals surface area contributed by atoms with Crippen LogP contribution in [0.25, 0.3) is 10.9 Å². The molecule has 1 fully saturated rings. The van der Waals surface area contributed by atoms with Crippen LogP contribution in [0.5, 0.6) is 5.75 Å². The Kier molecular flexibility index (Phi) is 5.83. The Labute approximate surface area is 151 Å². The normalized spacial score (nSPS) is 15.6. The molecular formula is C18H22ClN4O2+. The number of likely N-dealkylation sites (tertiary alicyclic amines) is 1. The van der Waals surface area contributed by atoms with E-state index < -0.39 is 0 Å². The first-order chi connectivity index (χ1) is 12.2. The van der Waals surface area contributed by atoms with E-state index in [-0.39, 0.29) is 5.91 Å². The largest absolute Gasteiger partial charge is 0.497 e. The van der Waals surface area contributed by atoms with Crippen molar-refractivity contribution in [1.82, 2.24) is 10.4 Å². The highest BCUT2D eigenvalue weighted by Gasteiger charge is 2.16. The topological polar surface area (TPSA) is 68.0 Å². The van der Waals surface area contributed by atoms with E-state index >= 15 is 0 Å². The van der Waals surface area contributed by atoms with Crippen molar-refractivity contribution in [3.8, 4) is 5.75 Å². The second kappa shape index (κ2) is 8.27. The minimum atomic E-state index is -0.0808. The maximum absolute atomic E-state index is 12.0. The van der Waals surface area contributed by atoms with Gasteiger partial charge >= 0.3 is 0 Å². The first kappa shape index (κ1) is 17.6. The Bertz CT molecular complexity index is 788. The van der Waals surface area contributed by atoms with Crippen molar-refractivity contribution in [2.45, 2.75) is 19.3 Å². The number of carbonyl (C=O) groups excluding carboxylic acids is 1. The zero-order valence-corrected chi connectivity index (χ0v) is 15.0. The maximum atomic E-state index is 12.0. The lowest BCUT2D eigenvalue weighted by Crippen LogP contribution is -3.13. The number of carbonyl (C=O) groups is 1. The van der Waals surface area contributed by atoms with Crippen molar-refractivity contribution in [3.63, 3.8) is 0 Å². The van der Waals surface area contributed by atoms with Gasteiger partial charge in [0, 0.05) is 17.0 Å². The fourth-order valence-corrected chi connectivity index (χ4v) is 3.22. The molecule has 2 heterocycles. The van der Waals surface area contributed by atoms with Crippen molar-refractivity contribution in [3.05, 3.63) is 35.0 Å². The van der Waals surface area contributed by atoms with Crippen LogP contribution >= 0.6 is 11.6 Å². The fraction of sp³-hybridized carbons (Fsp3) is 0.389. The summed E-state index contributed by atoms with van der Waals surface area (Å²) in [6, 6.07) is 7.48. The first-order valence-electron chi connectivity index (χ1n) is 8.45. The van der Waals surface area contributed by atoms with Gasteiger partial charge in [0.15, 0.2) is 6.54 Å². The van der Waals surface area contributed by atoms with E-state index in [1.54, 1.807) is 7.11 Å². The number of nitrogens with zero attached hydrogens (tertiary/aromatic N) is 2. The maximum Gasteiger partial charge on any atom is 0.295 e. The van der Waals surface area contributed by atoms with Crippen molar-refractivity contribution in [1.29, 1.82) is 0 Å². The average Bonchev–Trinajstić information content (AvgIpc) is 2.62. The second-order valence-electron chi connectivity index (χ2n) is 6.21. The van der Waals surface area contributed by atoms with Gasteiger partial charge < -0.3 is 9.64 Å². The highest BCUT2D eigenvalue weighted by atomic mass is 35.5. The molecule has 1 aliphatic rings. The summed E-state index contributed by atoms with van der Waals surface area (Å²) in [5.41, 5.74) is 3.98. The van der Waals surface area contributed by atoms with Crippen LogP contribution in [0.3, 0.4) is 0 Å². The number of amides is 1. The minimum absolute atomic E-state index is 0.0808. The van der Waals surface area contributed by atoms with E-state index in [0.29, 0.717) is 17.3 Å². The molecule has 1 saturated heterocycles. The summed E-state index contributed by atoms with van der Waals surface area (Å²) in [5, 5.41) is 5.28. The molecule has 1 aromatic heterocycles. The van der Waals surface area contributed by atoms with Gasteiger partial charge in [0.2, 0.25) is 0 Å². The third-order valence-corrected chi connectivity index (χ3v) is 4.67. The quantitative estimate of drug-likeness (QED) is 0.481. The average molecular weight is 362 g/mol. The molecule has 0 unspecified atom stereocenters. The van der Waals surface area contributed by atoms with Gasteiger partial charge in [-0.3, -0.25) is 4.79 Å². The van der Waals surface area contributed by atoms with Crippen LogP contribution in [0.15, 0.2) is 29.4 Å². The Morgan fingerprint density at radius 2 is 2.16 bits per heavy atom. The molecule has 0 aliphatic carbocycles. The smallest absolute Gasteiger partial charge is 0.295 e. The fourth-order valence-electron chi connectivity index (χ4n) is 3.03. The van der Waals surface area contributed by atoms with Gasteiger partial charge in [-0.25, -0.2) is 10.4 Å². The summed E-state index contributed by atoms with van der Waals surface area (Å²) in [5.74, 6) is 0.646. The number of ether oxygens (including phenoxy) is 1. The number of quaternary nitrogens is 1. The van der Waals surface area contributed by atoms with Gasteiger partial charge in [-0.1, -0.05) is 11.6 Å². The van der Waals surface area contributed by atoms with Crippen LogP contribution < -0.4 is 15.1 Å². The lowest BCUT2D eigenvalue weighted by Gasteiger charge is -2.22. The molecule has 6 nitrogen and oxygen atoms in total. The van der Waals surface area contributed by atoms with Gasteiger partial charge in [0.25, 0.3) is 5.91 Å². The lowest BCUT2D eigenvalue weighted by atomic mass is 10.1. The van der Waals surface area contributed by atoms with Crippen molar-refractivity contribution < 1.29 is 14.4 Å². The number of methoxy groups -OCH3 is 1. The summed E-state index contributed by atoms with van der Waals surface area (Å²) in [7, 11) is 1.61. The van der Waals surface area contributed by atoms with E-state index in [1.165, 1.54) is 30.4 Å². The van der Waals surface area contributed by atoms with Crippen LogP contribution in [0.2, 0.25) is 5.15 Å². The van der Waals surface area contributed by atoms with Gasteiger partial charge in [-0.2, -0.15) is 5.10 Å². The van der Waals surface area contributed by atoms with E-state index in [1.807, 2.05) is 24.3 Å². The summed E-state index contributed by atoms with van der Waals surface area (Å²) >= 11 is 6.21. The van der Waals surface area contributed by atoms with Crippen LogP contribution in [0.4, 0.5) is 0 Å². The number of hydrazone groups is 1. The summed E-state index contributed by atoms with van der Waals surface area (Å²) in [4.78, 5) is 17.6. The Morgan fingerprint density at radius 3 is 2.92 bits per heavy atom. The van der Waals surface area contributed by atoms with Gasteiger partial charge in [-0.15, -0.1) is 0 Å². The van der Waals surface area contributed by atoms with Crippen LogP contribution in [-0.2, 0) is 4.79 Å². The molecule has 0 atom stereocenters. The second-order valence-corrected chi connectivity index (χ2v) is 6.57. The number of nitrogens with one attached hydrogen (secondary N) is 2. The van der Waals surface area contributed by atoms with Gasteiger partial charge in [-0.05, 0) is 37.5 Å². The summed E-state index contributed by atoms with van der Waals surface area (Å²) < 4.78 is 5.19. The number of benzene rings is 1. The predicted octanol–water partition coefficient (Wildman–Crippen LogP) is 1.42. The molecular weight excluding hydrogens is 340 g/mol. The molecule has 1 amide bonds. The monoisotopic (exact) mass is 361 g/mol. The first-order valence-corrected chi connectivity index (χ1v) is 8.83. The molecule has 1 aromatic carbocycles. The zero-order valence-electron chi connectivity index (χ0n) is 14.2. The van der Waals surface area contributed by atoms with E-state index in [4.69, 9.17) is 16.3 Å². The molecule has 132 valence electrons. The molecule has 7 heteroatoms. The molecule has 25 heavy (non-hydrogen) atoms. The number of halogens is 1. The highest BCUT2D eigenvalue weighted by molar-refractivity contribution is 6.32. The van der Waals surface area contributed by atoms with Gasteiger partial charge in [0.1, 0.15) is 10.9 Å². The third kappa shape index (κ3) is 4.67. The SMILES string of the molecule is COc1ccc2cc(/C=N\NC(=O)C[NH+]3CCCCC3)c(Cl)nc2c1. The Hall–Kier alpha value is -2.18. The molecule has 0 spiro atoms. The number of rotatable bonds is 5. The van der Waals surface area contributed by atoms with Crippen molar-refractivity contribution >= 4 is 34.6 Å². The Morgan fingerprint density at radius 1 is 1.36 bits per heavy atom. The number of hydrogen-bond donors (Lipinski definition) is 2. The number of hydrogen-bond acceptors (Lipinski definition) is 4. The molecule has 1 aliphatic heterocycles. The minimum Gasteiger partial charge on any atom is -0.497 e. The van der Waals surface area contributed by atoms with Crippen LogP contribution in [-0.4, -0.2) is 43.8 Å². The number of aromatic nitrogens is 1. The number of pyridine rings is 1. The Balaban J connectivity index is 1.64. The molecule has 2 aromatic rings. The molecule has 3 rings (SSSR count). The van der Waals surface area contributed by atoms with E-state index in [0.717, 1.165) is 29.7 Å². The molecule has 0 radical (unpaired) electrons. The van der Waals surface area contributed by atoms with Crippen molar-refractivity contribution in [2.75, 3.05) is 26.7 Å². The van der Waals surface area contributed by atoms with Gasteiger partial charge in [0.05, 0.1) is 31.9 Å². The zero-order chi connectivity index (χ0) is 17.6. The highest BCUT2D eigenvalue weighted by Crippen LogP contribution is 2.23. The predicted molar refractivity (Wildman–Crippen MR) is 98.5 cm³/mol. The van der Waals surface area contributed by atoms with E-state index in [9.17, 15) is 4.79 Å². The third-order valence-electron chi connectivity index (χ3n) is 4.37. The number of piperidine rings is 1. The summed E-state index contributed by atoms with van der Waals surface area (Å²) in [6.45, 7) is 2.57. The molecule has 2 N–H and O–H groups in total. The van der Waals surface area contributed by atoms with E-state index in [2.05, 4.69) is 15.5 Å². The number of fused-ring (bicyclic) bond motifs is 1. The van der Waals surface area contributed by atoms with Crippen LogP contribution in [0, 0.1) is 0 Å². The van der Waals surface area contributed by atoms with Crippen molar-refractivity contribution in [2.24, 2.45) is 5.10 Å². The molecule has 0 bridgehead atoms. The standard InChI is InChI=1S/C18H21ClN4O2/c1-25-15-6-5-13-9-14(18(19)21-16(13)10-15)11-20-22-17(24)12-23-7-3-2-4-8-23/h5-6,9-11H,2-4,7-8,12H2,1H3,(H,22,24)/p+1/b20-11-. The lowest BCUT2D eigenvalue weighted by molar-refractivity contribution is -0.896. The van der Waals surface area contributed by atoms with Crippen LogP contribution in [0.1, 0.15) is 24.8 Å². The summed E-state index contributed by atoms with van der Waals surface area (Å²) in [6.07, 6.45) is 5.18.